The van der Waals surface area contributed by atoms with Crippen molar-refractivity contribution in [2.24, 2.45) is 22.9 Å². The zero-order valence-electron chi connectivity index (χ0n) is 11.3. The van der Waals surface area contributed by atoms with Crippen LogP contribution in [0.5, 0.6) is 0 Å². The molecule has 2 saturated carbocycles. The highest BCUT2D eigenvalue weighted by molar-refractivity contribution is 5.95. The number of nitrogens with zero attached hydrogens (tertiary/aromatic N) is 1. The minimum atomic E-state index is 0.0840. The lowest BCUT2D eigenvalue weighted by atomic mass is 9.74. The van der Waals surface area contributed by atoms with E-state index in [2.05, 4.69) is 34.8 Å². The number of hydrogen-bond acceptors (Lipinski definition) is 2. The third-order valence-electron chi connectivity index (χ3n) is 4.83. The first-order chi connectivity index (χ1) is 9.83. The molecule has 102 valence electrons. The van der Waals surface area contributed by atoms with Gasteiger partial charge in [0.05, 0.1) is 0 Å². The van der Waals surface area contributed by atoms with E-state index in [0.29, 0.717) is 17.8 Å². The Kier molecular flexibility index (Phi) is 2.72. The molecule has 20 heavy (non-hydrogen) atoms. The Morgan fingerprint density at radius 3 is 2.85 bits per heavy atom. The van der Waals surface area contributed by atoms with E-state index >= 15 is 0 Å². The SMILES string of the molecule is O=C(N/N=C1\C[C@H]2C=CC[C@H]12)[C@@H]1C[C@@H]1c1ccccc1. The average molecular weight is 266 g/mol. The number of hydrazone groups is 1. The fraction of sp³-hybridized carbons (Fsp3) is 0.412. The van der Waals surface area contributed by atoms with Gasteiger partial charge >= 0.3 is 0 Å². The van der Waals surface area contributed by atoms with E-state index in [1.54, 1.807) is 0 Å². The van der Waals surface area contributed by atoms with Crippen LogP contribution in [0.25, 0.3) is 0 Å². The highest BCUT2D eigenvalue weighted by atomic mass is 16.2. The molecule has 0 heterocycles. The second-order valence-electron chi connectivity index (χ2n) is 6.08. The summed E-state index contributed by atoms with van der Waals surface area (Å²) < 4.78 is 0. The maximum atomic E-state index is 12.1. The normalized spacial score (nSPS) is 35.5. The number of rotatable bonds is 3. The number of carbonyl (C=O) groups excluding carboxylic acids is 1. The molecule has 0 unspecified atom stereocenters. The number of allylic oxidation sites excluding steroid dienone is 2. The van der Waals surface area contributed by atoms with Gasteiger partial charge in [-0.05, 0) is 36.7 Å². The Hall–Kier alpha value is -1.90. The molecule has 1 N–H and O–H groups in total. The molecule has 0 spiro atoms. The summed E-state index contributed by atoms with van der Waals surface area (Å²) in [5.74, 6) is 1.84. The Morgan fingerprint density at radius 1 is 1.20 bits per heavy atom. The highest BCUT2D eigenvalue weighted by Gasteiger charge is 2.44. The first-order valence-electron chi connectivity index (χ1n) is 7.41. The lowest BCUT2D eigenvalue weighted by Crippen LogP contribution is -2.35. The van der Waals surface area contributed by atoms with Crippen LogP contribution in [-0.4, -0.2) is 11.6 Å². The molecule has 2 fully saturated rings. The molecule has 1 amide bonds. The van der Waals surface area contributed by atoms with Gasteiger partial charge in [0.25, 0.3) is 0 Å². The van der Waals surface area contributed by atoms with E-state index in [-0.39, 0.29) is 11.8 Å². The van der Waals surface area contributed by atoms with Crippen molar-refractivity contribution in [3.8, 4) is 0 Å². The summed E-state index contributed by atoms with van der Waals surface area (Å²) in [6.07, 6.45) is 7.57. The smallest absolute Gasteiger partial charge is 0.243 e. The van der Waals surface area contributed by atoms with Crippen molar-refractivity contribution < 1.29 is 4.79 Å². The number of amides is 1. The minimum absolute atomic E-state index is 0.0840. The molecular weight excluding hydrogens is 248 g/mol. The Balaban J connectivity index is 1.33. The highest BCUT2D eigenvalue weighted by Crippen LogP contribution is 2.47. The third-order valence-corrected chi connectivity index (χ3v) is 4.83. The quantitative estimate of drug-likeness (QED) is 0.663. The van der Waals surface area contributed by atoms with Gasteiger partial charge in [0.2, 0.25) is 5.91 Å². The van der Waals surface area contributed by atoms with Crippen LogP contribution >= 0.6 is 0 Å². The van der Waals surface area contributed by atoms with Gasteiger partial charge in [-0.15, -0.1) is 0 Å². The largest absolute Gasteiger partial charge is 0.273 e. The van der Waals surface area contributed by atoms with Gasteiger partial charge in [0.1, 0.15) is 0 Å². The zero-order chi connectivity index (χ0) is 13.5. The molecule has 3 heteroatoms. The molecule has 3 nitrogen and oxygen atoms in total. The Bertz CT molecular complexity index is 590. The number of hydrogen-bond donors (Lipinski definition) is 1. The molecule has 4 rings (SSSR count). The topological polar surface area (TPSA) is 41.5 Å². The lowest BCUT2D eigenvalue weighted by Gasteiger charge is -2.31. The van der Waals surface area contributed by atoms with Crippen molar-refractivity contribution in [3.05, 3.63) is 48.0 Å². The van der Waals surface area contributed by atoms with E-state index < -0.39 is 0 Å². The van der Waals surface area contributed by atoms with Crippen LogP contribution in [0.4, 0.5) is 0 Å². The molecule has 4 atom stereocenters. The second-order valence-corrected chi connectivity index (χ2v) is 6.08. The first kappa shape index (κ1) is 11.9. The van der Waals surface area contributed by atoms with Crippen LogP contribution in [0, 0.1) is 17.8 Å². The van der Waals surface area contributed by atoms with Gasteiger partial charge in [0, 0.05) is 17.5 Å². The van der Waals surface area contributed by atoms with Crippen LogP contribution in [-0.2, 0) is 4.79 Å². The van der Waals surface area contributed by atoms with Crippen LogP contribution in [0.15, 0.2) is 47.6 Å². The third kappa shape index (κ3) is 1.98. The molecule has 0 bridgehead atoms. The summed E-state index contributed by atoms with van der Waals surface area (Å²) in [5.41, 5.74) is 5.22. The van der Waals surface area contributed by atoms with Crippen molar-refractivity contribution in [3.63, 3.8) is 0 Å². The Labute approximate surface area is 118 Å². The van der Waals surface area contributed by atoms with E-state index in [1.807, 2.05) is 18.2 Å². The molecule has 0 aliphatic heterocycles. The lowest BCUT2D eigenvalue weighted by molar-refractivity contribution is -0.122. The first-order valence-corrected chi connectivity index (χ1v) is 7.41. The van der Waals surface area contributed by atoms with Crippen molar-refractivity contribution in [2.45, 2.75) is 25.2 Å². The number of fused-ring (bicyclic) bond motifs is 1. The van der Waals surface area contributed by atoms with Crippen molar-refractivity contribution in [1.82, 2.24) is 5.43 Å². The number of carbonyl (C=O) groups is 1. The van der Waals surface area contributed by atoms with E-state index in [1.165, 1.54) is 11.3 Å². The Morgan fingerprint density at radius 2 is 2.05 bits per heavy atom. The van der Waals surface area contributed by atoms with Gasteiger partial charge in [0.15, 0.2) is 0 Å². The zero-order valence-corrected chi connectivity index (χ0v) is 11.3. The maximum absolute atomic E-state index is 12.1. The van der Waals surface area contributed by atoms with Crippen LogP contribution in [0.1, 0.15) is 30.7 Å². The van der Waals surface area contributed by atoms with Gasteiger partial charge < -0.3 is 0 Å². The summed E-state index contributed by atoms with van der Waals surface area (Å²) in [6, 6.07) is 10.3. The summed E-state index contributed by atoms with van der Waals surface area (Å²) in [4.78, 5) is 12.1. The van der Waals surface area contributed by atoms with Gasteiger partial charge in [-0.2, -0.15) is 5.10 Å². The van der Waals surface area contributed by atoms with Crippen molar-refractivity contribution >= 4 is 11.6 Å². The van der Waals surface area contributed by atoms with Crippen LogP contribution in [0.3, 0.4) is 0 Å². The number of nitrogens with one attached hydrogen (secondary N) is 1. The predicted molar refractivity (Wildman–Crippen MR) is 78.2 cm³/mol. The standard InChI is InChI=1S/C17H18N2O/c20-17(15-10-14(15)11-5-2-1-3-6-11)19-18-16-9-12-7-4-8-13(12)16/h1-7,12-15H,8-10H2,(H,19,20)/b18-16+/t12-,13+,14-,15-/m1/s1. The van der Waals surface area contributed by atoms with Crippen LogP contribution in [0.2, 0.25) is 0 Å². The van der Waals surface area contributed by atoms with Gasteiger partial charge in [-0.25, -0.2) is 5.43 Å². The average Bonchev–Trinajstić information content (AvgIpc) is 3.18. The van der Waals surface area contributed by atoms with Crippen molar-refractivity contribution in [2.75, 3.05) is 0 Å². The maximum Gasteiger partial charge on any atom is 0.243 e. The summed E-state index contributed by atoms with van der Waals surface area (Å²) in [5, 5.41) is 4.34. The second kappa shape index (κ2) is 4.58. The molecule has 0 aromatic heterocycles. The molecule has 3 aliphatic rings. The predicted octanol–water partition coefficient (Wildman–Crippen LogP) is 2.86. The summed E-state index contributed by atoms with van der Waals surface area (Å²) in [7, 11) is 0. The fourth-order valence-corrected chi connectivity index (χ4v) is 3.43. The number of benzene rings is 1. The molecular formula is C17H18N2O. The molecule has 3 aliphatic carbocycles. The summed E-state index contributed by atoms with van der Waals surface area (Å²) in [6.45, 7) is 0. The van der Waals surface area contributed by atoms with Gasteiger partial charge in [-0.3, -0.25) is 4.79 Å². The fourth-order valence-electron chi connectivity index (χ4n) is 3.43. The minimum Gasteiger partial charge on any atom is -0.273 e. The van der Waals surface area contributed by atoms with Gasteiger partial charge in [-0.1, -0.05) is 42.5 Å². The van der Waals surface area contributed by atoms with Crippen molar-refractivity contribution in [1.29, 1.82) is 0 Å². The van der Waals surface area contributed by atoms with Crippen LogP contribution < -0.4 is 5.43 Å². The monoisotopic (exact) mass is 266 g/mol. The molecule has 1 aromatic rings. The molecule has 0 radical (unpaired) electrons. The van der Waals surface area contributed by atoms with E-state index in [0.717, 1.165) is 19.3 Å². The van der Waals surface area contributed by atoms with E-state index in [9.17, 15) is 4.79 Å². The van der Waals surface area contributed by atoms with E-state index in [4.69, 9.17) is 0 Å². The summed E-state index contributed by atoms with van der Waals surface area (Å²) >= 11 is 0. The molecule has 1 aromatic carbocycles. The molecule has 0 saturated heterocycles.